The fraction of sp³-hybridized carbons (Fsp3) is 0.385. The molecule has 2 aromatic rings. The summed E-state index contributed by atoms with van der Waals surface area (Å²) in [5.74, 6) is -0.420. The van der Waals surface area contributed by atoms with E-state index in [1.54, 1.807) is 13.2 Å². The van der Waals surface area contributed by atoms with Gasteiger partial charge in [0.2, 0.25) is 0 Å². The number of aryl methyl sites for hydroxylation is 1. The Bertz CT molecular complexity index is 653. The van der Waals surface area contributed by atoms with Gasteiger partial charge in [-0.3, -0.25) is 4.98 Å². The molecule has 2 rings (SSSR count). The van der Waals surface area contributed by atoms with Crippen LogP contribution in [0, 0.1) is 6.92 Å². The highest BCUT2D eigenvalue weighted by atomic mass is 16.5. The molecule has 8 heteroatoms. The Kier molecular flexibility index (Phi) is 4.49. The normalized spacial score (nSPS) is 10.6. The van der Waals surface area contributed by atoms with Crippen molar-refractivity contribution in [3.05, 3.63) is 34.9 Å². The molecule has 0 amide bonds. The van der Waals surface area contributed by atoms with E-state index in [2.05, 4.69) is 15.3 Å². The van der Waals surface area contributed by atoms with Gasteiger partial charge < -0.3 is 15.6 Å². The van der Waals surface area contributed by atoms with Crippen molar-refractivity contribution in [3.8, 4) is 5.75 Å². The molecule has 0 bridgehead atoms. The van der Waals surface area contributed by atoms with Crippen molar-refractivity contribution in [2.75, 3.05) is 13.7 Å². The van der Waals surface area contributed by atoms with Crippen LogP contribution in [-0.4, -0.2) is 44.7 Å². The fourth-order valence-electron chi connectivity index (χ4n) is 2.07. The predicted molar refractivity (Wildman–Crippen MR) is 74.4 cm³/mol. The predicted octanol–water partition coefficient (Wildman–Crippen LogP) is 0.238. The number of aromatic carboxylic acids is 1. The molecule has 3 N–H and O–H groups in total. The van der Waals surface area contributed by atoms with E-state index in [0.717, 1.165) is 5.69 Å². The number of hydrogen-bond acceptors (Lipinski definition) is 6. The molecule has 8 nitrogen and oxygen atoms in total. The van der Waals surface area contributed by atoms with Crippen LogP contribution in [0.1, 0.15) is 27.6 Å². The number of aromatic nitrogens is 4. The highest BCUT2D eigenvalue weighted by Gasteiger charge is 2.18. The third-order valence-corrected chi connectivity index (χ3v) is 2.95. The molecular formula is C13H17N5O3. The maximum Gasteiger partial charge on any atom is 0.358 e. The Morgan fingerprint density at radius 2 is 2.24 bits per heavy atom. The average Bonchev–Trinajstić information content (AvgIpc) is 2.82. The van der Waals surface area contributed by atoms with E-state index in [0.29, 0.717) is 36.6 Å². The monoisotopic (exact) mass is 291 g/mol. The molecule has 0 atom stereocenters. The lowest BCUT2D eigenvalue weighted by atomic mass is 10.2. The number of carboxylic acids is 1. The number of nitrogens with zero attached hydrogens (tertiary/aromatic N) is 4. The Hall–Kier alpha value is -2.48. The quantitative estimate of drug-likeness (QED) is 0.782. The second-order valence-electron chi connectivity index (χ2n) is 4.53. The van der Waals surface area contributed by atoms with Gasteiger partial charge in [-0.15, -0.1) is 5.10 Å². The van der Waals surface area contributed by atoms with Crippen LogP contribution >= 0.6 is 0 Å². The highest BCUT2D eigenvalue weighted by Crippen LogP contribution is 2.15. The van der Waals surface area contributed by atoms with Crippen LogP contribution in [0.4, 0.5) is 0 Å². The van der Waals surface area contributed by atoms with Gasteiger partial charge in [0.15, 0.2) is 5.69 Å². The number of hydrogen-bond donors (Lipinski definition) is 2. The van der Waals surface area contributed by atoms with Gasteiger partial charge in [0.1, 0.15) is 5.75 Å². The minimum atomic E-state index is -1.11. The van der Waals surface area contributed by atoms with Gasteiger partial charge in [0, 0.05) is 24.2 Å². The summed E-state index contributed by atoms with van der Waals surface area (Å²) in [5, 5.41) is 16.7. The smallest absolute Gasteiger partial charge is 0.358 e. The van der Waals surface area contributed by atoms with E-state index in [4.69, 9.17) is 15.6 Å². The van der Waals surface area contributed by atoms with Crippen LogP contribution in [0.15, 0.2) is 12.1 Å². The van der Waals surface area contributed by atoms with Gasteiger partial charge in [-0.2, -0.15) is 0 Å². The van der Waals surface area contributed by atoms with Crippen LogP contribution in [-0.2, 0) is 13.0 Å². The molecule has 0 radical (unpaired) electrons. The molecule has 0 fully saturated rings. The summed E-state index contributed by atoms with van der Waals surface area (Å²) in [5.41, 5.74) is 7.47. The second kappa shape index (κ2) is 6.31. The lowest BCUT2D eigenvalue weighted by Crippen LogP contribution is -2.14. The molecule has 0 saturated carbocycles. The molecule has 0 aromatic carbocycles. The van der Waals surface area contributed by atoms with E-state index in [1.807, 2.05) is 13.0 Å². The first-order chi connectivity index (χ1) is 10.0. The SMILES string of the molecule is COc1cc(C)nc(Cn2nnc(C(=O)O)c2CCN)c1. The minimum absolute atomic E-state index is 0.0694. The van der Waals surface area contributed by atoms with Crippen molar-refractivity contribution < 1.29 is 14.6 Å². The van der Waals surface area contributed by atoms with E-state index in [9.17, 15) is 4.79 Å². The highest BCUT2D eigenvalue weighted by molar-refractivity contribution is 5.86. The van der Waals surface area contributed by atoms with Crippen LogP contribution in [0.5, 0.6) is 5.75 Å². The largest absolute Gasteiger partial charge is 0.497 e. The van der Waals surface area contributed by atoms with Crippen molar-refractivity contribution >= 4 is 5.97 Å². The van der Waals surface area contributed by atoms with Crippen LogP contribution in [0.25, 0.3) is 0 Å². The lowest BCUT2D eigenvalue weighted by Gasteiger charge is -2.08. The number of ether oxygens (including phenoxy) is 1. The number of rotatable bonds is 6. The van der Waals surface area contributed by atoms with Crippen molar-refractivity contribution in [3.63, 3.8) is 0 Å². The molecule has 0 aliphatic rings. The zero-order valence-electron chi connectivity index (χ0n) is 11.9. The molecule has 0 saturated heterocycles. The summed E-state index contributed by atoms with van der Waals surface area (Å²) in [6, 6.07) is 3.59. The summed E-state index contributed by atoms with van der Waals surface area (Å²) in [4.78, 5) is 15.5. The Balaban J connectivity index is 2.35. The second-order valence-corrected chi connectivity index (χ2v) is 4.53. The molecular weight excluding hydrogens is 274 g/mol. The average molecular weight is 291 g/mol. The number of carboxylic acid groups (broad SMARTS) is 1. The van der Waals surface area contributed by atoms with Crippen molar-refractivity contribution in [2.45, 2.75) is 19.9 Å². The standard InChI is InChI=1S/C13H17N5O3/c1-8-5-10(21-2)6-9(15-8)7-18-11(3-4-14)12(13(19)20)16-17-18/h5-6H,3-4,7,14H2,1-2H3,(H,19,20). The molecule has 0 spiro atoms. The van der Waals surface area contributed by atoms with Crippen molar-refractivity contribution in [2.24, 2.45) is 5.73 Å². The fourth-order valence-corrected chi connectivity index (χ4v) is 2.07. The summed E-state index contributed by atoms with van der Waals surface area (Å²) < 4.78 is 6.71. The van der Waals surface area contributed by atoms with Crippen LogP contribution < -0.4 is 10.5 Å². The van der Waals surface area contributed by atoms with E-state index < -0.39 is 5.97 Å². The first-order valence-corrected chi connectivity index (χ1v) is 6.42. The summed E-state index contributed by atoms with van der Waals surface area (Å²) >= 11 is 0. The minimum Gasteiger partial charge on any atom is -0.497 e. The summed E-state index contributed by atoms with van der Waals surface area (Å²) in [7, 11) is 1.58. The lowest BCUT2D eigenvalue weighted by molar-refractivity contribution is 0.0689. The zero-order valence-corrected chi connectivity index (χ0v) is 11.9. The Morgan fingerprint density at radius 3 is 2.86 bits per heavy atom. The molecule has 0 aliphatic carbocycles. The van der Waals surface area contributed by atoms with Gasteiger partial charge in [0.25, 0.3) is 0 Å². The van der Waals surface area contributed by atoms with Gasteiger partial charge in [-0.25, -0.2) is 9.48 Å². The van der Waals surface area contributed by atoms with Crippen LogP contribution in [0.2, 0.25) is 0 Å². The first kappa shape index (κ1) is 14.9. The zero-order chi connectivity index (χ0) is 15.4. The van der Waals surface area contributed by atoms with Gasteiger partial charge in [-0.1, -0.05) is 5.21 Å². The molecule has 2 aromatic heterocycles. The number of nitrogens with two attached hydrogens (primary N) is 1. The molecule has 2 heterocycles. The molecule has 0 aliphatic heterocycles. The topological polar surface area (TPSA) is 116 Å². The van der Waals surface area contributed by atoms with E-state index in [-0.39, 0.29) is 5.69 Å². The summed E-state index contributed by atoms with van der Waals surface area (Å²) in [6.45, 7) is 2.49. The van der Waals surface area contributed by atoms with Crippen molar-refractivity contribution in [1.29, 1.82) is 0 Å². The van der Waals surface area contributed by atoms with Gasteiger partial charge in [0.05, 0.1) is 25.0 Å². The molecule has 0 unspecified atom stereocenters. The van der Waals surface area contributed by atoms with Crippen molar-refractivity contribution in [1.82, 2.24) is 20.0 Å². The Labute approximate surface area is 121 Å². The maximum atomic E-state index is 11.1. The van der Waals surface area contributed by atoms with Gasteiger partial charge in [-0.05, 0) is 13.5 Å². The molecule has 21 heavy (non-hydrogen) atoms. The van der Waals surface area contributed by atoms with E-state index in [1.165, 1.54) is 4.68 Å². The van der Waals surface area contributed by atoms with Crippen LogP contribution in [0.3, 0.4) is 0 Å². The molecule has 112 valence electrons. The maximum absolute atomic E-state index is 11.1. The third-order valence-electron chi connectivity index (χ3n) is 2.95. The number of pyridine rings is 1. The number of methoxy groups -OCH3 is 1. The Morgan fingerprint density at radius 1 is 1.48 bits per heavy atom. The summed E-state index contributed by atoms with van der Waals surface area (Å²) in [6.07, 6.45) is 0.386. The number of carbonyl (C=O) groups is 1. The first-order valence-electron chi connectivity index (χ1n) is 6.42. The van der Waals surface area contributed by atoms with E-state index >= 15 is 0 Å². The third kappa shape index (κ3) is 3.34. The van der Waals surface area contributed by atoms with Gasteiger partial charge >= 0.3 is 5.97 Å².